The summed E-state index contributed by atoms with van der Waals surface area (Å²) >= 11 is 0. The minimum absolute atomic E-state index is 0.0686. The Morgan fingerprint density at radius 2 is 1.71 bits per heavy atom. The van der Waals surface area contributed by atoms with Crippen molar-refractivity contribution in [3.05, 3.63) is 59.7 Å². The zero-order valence-corrected chi connectivity index (χ0v) is 12.6. The van der Waals surface area contributed by atoms with Crippen molar-refractivity contribution in [2.75, 3.05) is 5.73 Å². The second-order valence-electron chi connectivity index (χ2n) is 4.92. The molecule has 0 aliphatic carbocycles. The highest BCUT2D eigenvalue weighted by Crippen LogP contribution is 2.17. The van der Waals surface area contributed by atoms with Crippen molar-refractivity contribution >= 4 is 15.7 Å². The third-order valence-corrected chi connectivity index (χ3v) is 4.29. The van der Waals surface area contributed by atoms with E-state index < -0.39 is 10.0 Å². The van der Waals surface area contributed by atoms with Gasteiger partial charge in [-0.2, -0.15) is 0 Å². The molecule has 0 amide bonds. The van der Waals surface area contributed by atoms with Crippen LogP contribution in [-0.4, -0.2) is 8.42 Å². The summed E-state index contributed by atoms with van der Waals surface area (Å²) in [6.07, 6.45) is 0. The minimum atomic E-state index is -3.64. The van der Waals surface area contributed by atoms with Crippen LogP contribution in [-0.2, 0) is 16.6 Å². The predicted octanol–water partition coefficient (Wildman–Crippen LogP) is 1.77. The molecule has 0 radical (unpaired) electrons. The quantitative estimate of drug-likeness (QED) is 0.733. The summed E-state index contributed by atoms with van der Waals surface area (Å²) in [5.74, 6) is 0. The molecule has 2 aromatic rings. The van der Waals surface area contributed by atoms with E-state index in [1.165, 1.54) is 12.1 Å². The lowest BCUT2D eigenvalue weighted by Crippen LogP contribution is -2.19. The van der Waals surface area contributed by atoms with Crippen molar-refractivity contribution in [2.45, 2.75) is 24.4 Å². The maximum absolute atomic E-state index is 11.2. The number of primary sulfonamides is 1. The molecule has 2 rings (SSSR count). The normalized spacial score (nSPS) is 13.0. The fourth-order valence-electron chi connectivity index (χ4n) is 2.02. The lowest BCUT2D eigenvalue weighted by atomic mass is 10.1. The number of hydrogen-bond donors (Lipinski definition) is 3. The molecule has 0 saturated carbocycles. The molecule has 5 nitrogen and oxygen atoms in total. The number of para-hydroxylation sites is 1. The van der Waals surface area contributed by atoms with Crippen molar-refractivity contribution < 1.29 is 8.42 Å². The zero-order chi connectivity index (χ0) is 15.5. The van der Waals surface area contributed by atoms with Crippen LogP contribution in [0.5, 0.6) is 0 Å². The molecule has 0 heterocycles. The van der Waals surface area contributed by atoms with E-state index in [1.54, 1.807) is 12.1 Å². The number of sulfonamides is 1. The summed E-state index contributed by atoms with van der Waals surface area (Å²) in [6.45, 7) is 2.65. The molecule has 1 atom stereocenters. The van der Waals surface area contributed by atoms with E-state index in [-0.39, 0.29) is 10.9 Å². The predicted molar refractivity (Wildman–Crippen MR) is 83.9 cm³/mol. The number of rotatable bonds is 5. The number of hydrogen-bond acceptors (Lipinski definition) is 4. The molecule has 0 aliphatic rings. The standard InChI is InChI=1S/C15H19N3O2S/c1-11(18-10-13-4-2-3-5-15(13)16)12-6-8-14(9-7-12)21(17,19)20/h2-9,11,18H,10,16H2,1H3,(H2,17,19,20). The van der Waals surface area contributed by atoms with Crippen LogP contribution in [0.3, 0.4) is 0 Å². The number of nitrogen functional groups attached to an aromatic ring is 1. The Morgan fingerprint density at radius 3 is 2.29 bits per heavy atom. The van der Waals surface area contributed by atoms with E-state index in [9.17, 15) is 8.42 Å². The third-order valence-electron chi connectivity index (χ3n) is 3.36. The molecule has 0 saturated heterocycles. The second-order valence-corrected chi connectivity index (χ2v) is 6.48. The average Bonchev–Trinajstić information content (AvgIpc) is 2.45. The van der Waals surface area contributed by atoms with Crippen molar-refractivity contribution in [1.82, 2.24) is 5.32 Å². The van der Waals surface area contributed by atoms with Crippen LogP contribution in [0, 0.1) is 0 Å². The summed E-state index contributed by atoms with van der Waals surface area (Å²) in [6, 6.07) is 14.3. The van der Waals surface area contributed by atoms with E-state index in [2.05, 4.69) is 5.32 Å². The van der Waals surface area contributed by atoms with Crippen molar-refractivity contribution in [3.8, 4) is 0 Å². The fraction of sp³-hybridized carbons (Fsp3) is 0.200. The van der Waals surface area contributed by atoms with E-state index in [0.717, 1.165) is 16.8 Å². The fourth-order valence-corrected chi connectivity index (χ4v) is 2.54. The van der Waals surface area contributed by atoms with Gasteiger partial charge in [-0.1, -0.05) is 30.3 Å². The van der Waals surface area contributed by atoms with E-state index >= 15 is 0 Å². The Balaban J connectivity index is 2.04. The van der Waals surface area contributed by atoms with Gasteiger partial charge in [0, 0.05) is 18.3 Å². The first-order chi connectivity index (χ1) is 9.88. The van der Waals surface area contributed by atoms with Gasteiger partial charge >= 0.3 is 0 Å². The Hall–Kier alpha value is -1.89. The van der Waals surface area contributed by atoms with E-state index in [1.807, 2.05) is 31.2 Å². The van der Waals surface area contributed by atoms with Gasteiger partial charge in [-0.05, 0) is 36.2 Å². The average molecular weight is 305 g/mol. The Morgan fingerprint density at radius 1 is 1.10 bits per heavy atom. The van der Waals surface area contributed by atoms with Gasteiger partial charge in [0.15, 0.2) is 0 Å². The lowest BCUT2D eigenvalue weighted by molar-refractivity contribution is 0.574. The molecule has 21 heavy (non-hydrogen) atoms. The van der Waals surface area contributed by atoms with Gasteiger partial charge in [0.1, 0.15) is 0 Å². The van der Waals surface area contributed by atoms with Crippen LogP contribution < -0.4 is 16.2 Å². The zero-order valence-electron chi connectivity index (χ0n) is 11.8. The highest BCUT2D eigenvalue weighted by molar-refractivity contribution is 7.89. The van der Waals surface area contributed by atoms with Gasteiger partial charge in [-0.3, -0.25) is 0 Å². The number of anilines is 1. The molecular formula is C15H19N3O2S. The summed E-state index contributed by atoms with van der Waals surface area (Å²) in [5.41, 5.74) is 8.66. The highest BCUT2D eigenvalue weighted by atomic mass is 32.2. The molecule has 6 heteroatoms. The summed E-state index contributed by atoms with van der Waals surface area (Å²) in [7, 11) is -3.64. The molecular weight excluding hydrogens is 286 g/mol. The van der Waals surface area contributed by atoms with Crippen molar-refractivity contribution in [1.29, 1.82) is 0 Å². The second kappa shape index (κ2) is 6.26. The largest absolute Gasteiger partial charge is 0.398 e. The Labute approximate surface area is 125 Å². The number of benzene rings is 2. The summed E-state index contributed by atoms with van der Waals surface area (Å²) in [5, 5.41) is 8.43. The highest BCUT2D eigenvalue weighted by Gasteiger charge is 2.10. The van der Waals surface area contributed by atoms with Gasteiger partial charge in [0.25, 0.3) is 0 Å². The van der Waals surface area contributed by atoms with Crippen molar-refractivity contribution in [3.63, 3.8) is 0 Å². The smallest absolute Gasteiger partial charge is 0.238 e. The molecule has 112 valence electrons. The molecule has 0 fully saturated rings. The third kappa shape index (κ3) is 4.04. The summed E-state index contributed by atoms with van der Waals surface area (Å²) < 4.78 is 22.4. The van der Waals surface area contributed by atoms with Crippen LogP contribution >= 0.6 is 0 Å². The van der Waals surface area contributed by atoms with Gasteiger partial charge in [-0.25, -0.2) is 13.6 Å². The Bertz CT molecular complexity index is 712. The minimum Gasteiger partial charge on any atom is -0.398 e. The van der Waals surface area contributed by atoms with Crippen LogP contribution in [0.15, 0.2) is 53.4 Å². The molecule has 1 unspecified atom stereocenters. The van der Waals surface area contributed by atoms with Gasteiger partial charge in [-0.15, -0.1) is 0 Å². The van der Waals surface area contributed by atoms with Gasteiger partial charge < -0.3 is 11.1 Å². The van der Waals surface area contributed by atoms with Crippen LogP contribution in [0.25, 0.3) is 0 Å². The van der Waals surface area contributed by atoms with Gasteiger partial charge in [0.2, 0.25) is 10.0 Å². The van der Waals surface area contributed by atoms with Crippen molar-refractivity contribution in [2.24, 2.45) is 5.14 Å². The monoisotopic (exact) mass is 305 g/mol. The van der Waals surface area contributed by atoms with Crippen LogP contribution in [0.2, 0.25) is 0 Å². The maximum atomic E-state index is 11.2. The van der Waals surface area contributed by atoms with Crippen LogP contribution in [0.4, 0.5) is 5.69 Å². The SMILES string of the molecule is CC(NCc1ccccc1N)c1ccc(S(N)(=O)=O)cc1. The first-order valence-corrected chi connectivity index (χ1v) is 8.12. The molecule has 0 spiro atoms. The molecule has 2 aromatic carbocycles. The topological polar surface area (TPSA) is 98.2 Å². The van der Waals surface area contributed by atoms with E-state index in [4.69, 9.17) is 10.9 Å². The number of nitrogens with two attached hydrogens (primary N) is 2. The van der Waals surface area contributed by atoms with E-state index in [0.29, 0.717) is 6.54 Å². The molecule has 0 aliphatic heterocycles. The molecule has 0 bridgehead atoms. The van der Waals surface area contributed by atoms with Gasteiger partial charge in [0.05, 0.1) is 4.90 Å². The van der Waals surface area contributed by atoms with Crippen LogP contribution in [0.1, 0.15) is 24.1 Å². The molecule has 0 aromatic heterocycles. The summed E-state index contributed by atoms with van der Waals surface area (Å²) in [4.78, 5) is 0.116. The number of nitrogens with one attached hydrogen (secondary N) is 1. The maximum Gasteiger partial charge on any atom is 0.238 e. The Kier molecular flexibility index (Phi) is 4.62. The first kappa shape index (κ1) is 15.5. The first-order valence-electron chi connectivity index (χ1n) is 6.57. The molecule has 5 N–H and O–H groups in total. The lowest BCUT2D eigenvalue weighted by Gasteiger charge is -2.15.